The standard InChI is InChI=1S/C23H25BrN2O/c1-26-9-8-23(15-4-3-5-18(10-15)27-2)13-22-19(11-16(23)14-26)20-12-17(24)6-7-21(20)25-22/h3-7,10,12,16,25H,8-9,11,13-14H2,1-2H3/t16?,23-/m1/s1. The summed E-state index contributed by atoms with van der Waals surface area (Å²) in [6.45, 7) is 2.30. The number of nitrogens with zero attached hydrogens (tertiary/aromatic N) is 1. The van der Waals surface area contributed by atoms with Gasteiger partial charge in [0.1, 0.15) is 5.75 Å². The number of aromatic amines is 1. The van der Waals surface area contributed by atoms with Crippen LogP contribution in [0.25, 0.3) is 10.9 Å². The number of halogens is 1. The number of piperidine rings is 1. The smallest absolute Gasteiger partial charge is 0.119 e. The van der Waals surface area contributed by atoms with Gasteiger partial charge in [-0.1, -0.05) is 28.1 Å². The van der Waals surface area contributed by atoms with Gasteiger partial charge in [0.2, 0.25) is 0 Å². The molecule has 140 valence electrons. The van der Waals surface area contributed by atoms with Crippen LogP contribution in [0.4, 0.5) is 0 Å². The van der Waals surface area contributed by atoms with Crippen LogP contribution < -0.4 is 4.74 Å². The second-order valence-electron chi connectivity index (χ2n) is 8.25. The van der Waals surface area contributed by atoms with Crippen LogP contribution >= 0.6 is 15.9 Å². The van der Waals surface area contributed by atoms with Crippen molar-refractivity contribution in [3.63, 3.8) is 0 Å². The van der Waals surface area contributed by atoms with Crippen molar-refractivity contribution in [2.45, 2.75) is 24.7 Å². The first-order valence-electron chi connectivity index (χ1n) is 9.71. The average Bonchev–Trinajstić information content (AvgIpc) is 3.02. The Balaban J connectivity index is 1.66. The molecule has 2 atom stereocenters. The third-order valence-electron chi connectivity index (χ3n) is 6.80. The number of fused-ring (bicyclic) bond motifs is 4. The van der Waals surface area contributed by atoms with Crippen molar-refractivity contribution in [3.8, 4) is 5.75 Å². The number of methoxy groups -OCH3 is 1. The third-order valence-corrected chi connectivity index (χ3v) is 7.29. The molecule has 3 nitrogen and oxygen atoms in total. The van der Waals surface area contributed by atoms with Crippen molar-refractivity contribution in [1.29, 1.82) is 0 Å². The molecule has 2 heterocycles. The van der Waals surface area contributed by atoms with E-state index in [1.165, 1.54) is 34.1 Å². The van der Waals surface area contributed by atoms with Crippen LogP contribution in [0.2, 0.25) is 0 Å². The number of ether oxygens (including phenoxy) is 1. The fourth-order valence-corrected chi connectivity index (χ4v) is 5.73. The number of H-pyrrole nitrogens is 1. The van der Waals surface area contributed by atoms with E-state index >= 15 is 0 Å². The predicted molar refractivity (Wildman–Crippen MR) is 114 cm³/mol. The Labute approximate surface area is 168 Å². The molecule has 4 heteroatoms. The van der Waals surface area contributed by atoms with Gasteiger partial charge in [-0.2, -0.15) is 0 Å². The number of nitrogens with one attached hydrogen (secondary N) is 1. The lowest BCUT2D eigenvalue weighted by atomic mass is 9.59. The third kappa shape index (κ3) is 2.73. The molecule has 0 saturated carbocycles. The zero-order valence-corrected chi connectivity index (χ0v) is 17.5. The lowest BCUT2D eigenvalue weighted by Crippen LogP contribution is -2.52. The second kappa shape index (κ2) is 6.39. The van der Waals surface area contributed by atoms with Crippen LogP contribution in [-0.2, 0) is 18.3 Å². The normalized spacial score (nSPS) is 25.2. The van der Waals surface area contributed by atoms with Gasteiger partial charge in [-0.25, -0.2) is 0 Å². The summed E-state index contributed by atoms with van der Waals surface area (Å²) in [6, 6.07) is 15.4. The highest BCUT2D eigenvalue weighted by molar-refractivity contribution is 9.10. The van der Waals surface area contributed by atoms with Crippen molar-refractivity contribution in [3.05, 3.63) is 63.8 Å². The van der Waals surface area contributed by atoms with Crippen LogP contribution in [0.3, 0.4) is 0 Å². The van der Waals surface area contributed by atoms with Gasteiger partial charge in [0.05, 0.1) is 7.11 Å². The Kier molecular flexibility index (Phi) is 4.10. The molecule has 3 aromatic rings. The molecule has 1 N–H and O–H groups in total. The van der Waals surface area contributed by atoms with E-state index in [-0.39, 0.29) is 5.41 Å². The molecule has 2 aromatic carbocycles. The van der Waals surface area contributed by atoms with E-state index in [2.05, 4.69) is 75.3 Å². The van der Waals surface area contributed by atoms with Gasteiger partial charge in [0, 0.05) is 33.0 Å². The van der Waals surface area contributed by atoms with Gasteiger partial charge in [-0.05, 0) is 80.2 Å². The van der Waals surface area contributed by atoms with E-state index in [4.69, 9.17) is 4.74 Å². The highest BCUT2D eigenvalue weighted by Crippen LogP contribution is 2.49. The highest BCUT2D eigenvalue weighted by Gasteiger charge is 2.47. The zero-order chi connectivity index (χ0) is 18.6. The minimum absolute atomic E-state index is 0.187. The Bertz CT molecular complexity index is 1010. The Morgan fingerprint density at radius 3 is 2.96 bits per heavy atom. The predicted octanol–water partition coefficient (Wildman–Crippen LogP) is 4.93. The number of likely N-dealkylation sites (tertiary alicyclic amines) is 1. The lowest BCUT2D eigenvalue weighted by molar-refractivity contribution is 0.0994. The van der Waals surface area contributed by atoms with Crippen molar-refractivity contribution >= 4 is 26.8 Å². The van der Waals surface area contributed by atoms with Crippen LogP contribution in [0.1, 0.15) is 23.2 Å². The van der Waals surface area contributed by atoms with E-state index in [0.29, 0.717) is 5.92 Å². The minimum Gasteiger partial charge on any atom is -0.497 e. The maximum Gasteiger partial charge on any atom is 0.119 e. The van der Waals surface area contributed by atoms with Gasteiger partial charge in [0.15, 0.2) is 0 Å². The topological polar surface area (TPSA) is 28.3 Å². The largest absolute Gasteiger partial charge is 0.497 e. The van der Waals surface area contributed by atoms with Crippen molar-refractivity contribution < 1.29 is 4.74 Å². The maximum absolute atomic E-state index is 5.55. The fourth-order valence-electron chi connectivity index (χ4n) is 5.37. The Morgan fingerprint density at radius 2 is 2.11 bits per heavy atom. The minimum atomic E-state index is 0.187. The molecule has 1 saturated heterocycles. The van der Waals surface area contributed by atoms with Gasteiger partial charge >= 0.3 is 0 Å². The number of rotatable bonds is 2. The van der Waals surface area contributed by atoms with Crippen molar-refractivity contribution in [2.75, 3.05) is 27.2 Å². The van der Waals surface area contributed by atoms with Crippen LogP contribution in [0.5, 0.6) is 5.75 Å². The number of hydrogen-bond donors (Lipinski definition) is 1. The zero-order valence-electron chi connectivity index (χ0n) is 15.9. The SMILES string of the molecule is COc1cccc([C@]23CCN(C)CC2Cc2c([nH]c4ccc(Br)cc24)C3)c1. The molecule has 27 heavy (non-hydrogen) atoms. The molecule has 0 spiro atoms. The number of hydrogen-bond acceptors (Lipinski definition) is 2. The molecule has 0 bridgehead atoms. The molecular formula is C23H25BrN2O. The molecule has 1 unspecified atom stereocenters. The number of benzene rings is 2. The summed E-state index contributed by atoms with van der Waals surface area (Å²) in [5.41, 5.74) is 5.82. The summed E-state index contributed by atoms with van der Waals surface area (Å²) >= 11 is 3.65. The van der Waals surface area contributed by atoms with Gasteiger partial charge in [-0.15, -0.1) is 0 Å². The first-order valence-corrected chi connectivity index (χ1v) is 10.5. The molecule has 0 amide bonds. The van der Waals surface area contributed by atoms with Crippen LogP contribution in [0.15, 0.2) is 46.9 Å². The fraction of sp³-hybridized carbons (Fsp3) is 0.391. The summed E-state index contributed by atoms with van der Waals surface area (Å²) in [6.07, 6.45) is 3.41. The van der Waals surface area contributed by atoms with E-state index in [0.717, 1.165) is 36.2 Å². The average molecular weight is 425 g/mol. The monoisotopic (exact) mass is 424 g/mol. The first-order chi connectivity index (χ1) is 13.1. The Hall–Kier alpha value is -1.78. The second-order valence-corrected chi connectivity index (χ2v) is 9.17. The summed E-state index contributed by atoms with van der Waals surface area (Å²) < 4.78 is 6.71. The van der Waals surface area contributed by atoms with Crippen LogP contribution in [-0.4, -0.2) is 37.1 Å². The quantitative estimate of drug-likeness (QED) is 0.631. The number of aromatic nitrogens is 1. The van der Waals surface area contributed by atoms with E-state index < -0.39 is 0 Å². The molecular weight excluding hydrogens is 400 g/mol. The van der Waals surface area contributed by atoms with E-state index in [9.17, 15) is 0 Å². The molecule has 1 aliphatic heterocycles. The molecule has 2 aliphatic rings. The summed E-state index contributed by atoms with van der Waals surface area (Å²) in [5.74, 6) is 1.58. The van der Waals surface area contributed by atoms with E-state index in [1.807, 2.05) is 0 Å². The molecule has 1 aromatic heterocycles. The van der Waals surface area contributed by atoms with Gasteiger partial charge in [-0.3, -0.25) is 0 Å². The lowest BCUT2D eigenvalue weighted by Gasteiger charge is -2.50. The molecule has 5 rings (SSSR count). The van der Waals surface area contributed by atoms with Gasteiger partial charge < -0.3 is 14.6 Å². The first kappa shape index (κ1) is 17.3. The van der Waals surface area contributed by atoms with Gasteiger partial charge in [0.25, 0.3) is 0 Å². The van der Waals surface area contributed by atoms with E-state index in [1.54, 1.807) is 7.11 Å². The summed E-state index contributed by atoms with van der Waals surface area (Å²) in [7, 11) is 4.02. The Morgan fingerprint density at radius 1 is 1.22 bits per heavy atom. The van der Waals surface area contributed by atoms with Crippen molar-refractivity contribution in [1.82, 2.24) is 9.88 Å². The molecule has 1 aliphatic carbocycles. The molecule has 0 radical (unpaired) electrons. The summed E-state index contributed by atoms with van der Waals surface area (Å²) in [4.78, 5) is 6.24. The van der Waals surface area contributed by atoms with Crippen LogP contribution in [0, 0.1) is 5.92 Å². The van der Waals surface area contributed by atoms with Crippen molar-refractivity contribution in [2.24, 2.45) is 5.92 Å². The maximum atomic E-state index is 5.55. The summed E-state index contributed by atoms with van der Waals surface area (Å²) in [5, 5.41) is 1.38. The molecule has 1 fully saturated rings. The highest BCUT2D eigenvalue weighted by atomic mass is 79.9.